The van der Waals surface area contributed by atoms with Crippen molar-refractivity contribution in [1.82, 2.24) is 15.0 Å². The van der Waals surface area contributed by atoms with E-state index in [0.717, 1.165) is 27.8 Å². The zero-order chi connectivity index (χ0) is 41.0. The van der Waals surface area contributed by atoms with Gasteiger partial charge in [-0.25, -0.2) is 15.0 Å². The number of fused-ring (bicyclic) bond motifs is 8. The second-order valence-electron chi connectivity index (χ2n) is 16.1. The number of nitrogens with zero attached hydrogens (tertiary/aromatic N) is 4. The van der Waals surface area contributed by atoms with E-state index in [1.807, 2.05) is 18.2 Å². The molecule has 0 fully saturated rings. The smallest absolute Gasteiger partial charge is 0.321 e. The van der Waals surface area contributed by atoms with Crippen molar-refractivity contribution < 1.29 is 0 Å². The molecule has 1 aromatic heterocycles. The molecule has 0 atom stereocenters. The van der Waals surface area contributed by atoms with Gasteiger partial charge in [0.05, 0.1) is 0 Å². The second kappa shape index (κ2) is 14.8. The Hall–Kier alpha value is -8.15. The van der Waals surface area contributed by atoms with Crippen molar-refractivity contribution in [1.29, 1.82) is 0 Å². The van der Waals surface area contributed by atoms with E-state index in [1.54, 1.807) is 0 Å². The number of hydrogen-bond donors (Lipinski definition) is 0. The van der Waals surface area contributed by atoms with Gasteiger partial charge < -0.3 is 4.81 Å². The van der Waals surface area contributed by atoms with Crippen LogP contribution in [-0.2, 0) is 0 Å². The van der Waals surface area contributed by atoms with Crippen LogP contribution in [0.5, 0.6) is 0 Å². The maximum absolute atomic E-state index is 5.18. The standard InChI is InChI=1S/C57H37BN4/c1-4-14-38(15-5-1)48-31-49(39-16-6-2-7-17-39)33-50(32-48)43-26-28-51-52-29-27-45(35-54(52)62-37-47-23-13-12-22-46(47)36-58(62)53(51)34-43)57-60-55(41-19-8-3-9-20-41)59-56(61-57)44-25-24-40-18-10-11-21-42(40)30-44/h1-37H. The molecular weight excluding hydrogens is 751 g/mol. The van der Waals surface area contributed by atoms with Crippen molar-refractivity contribution in [2.45, 2.75) is 0 Å². The molecule has 2 aliphatic rings. The largest absolute Gasteiger partial charge is 0.382 e. The number of benzene rings is 9. The lowest BCUT2D eigenvalue weighted by molar-refractivity contribution is 1.07. The van der Waals surface area contributed by atoms with Gasteiger partial charge in [-0.05, 0) is 102 Å². The molecule has 3 heterocycles. The first-order valence-corrected chi connectivity index (χ1v) is 21.1. The zero-order valence-electron chi connectivity index (χ0n) is 33.7. The summed E-state index contributed by atoms with van der Waals surface area (Å²) < 4.78 is 0. The molecular formula is C57H37BN4. The first-order valence-electron chi connectivity index (χ1n) is 21.1. The summed E-state index contributed by atoms with van der Waals surface area (Å²) in [7, 11) is 0. The van der Waals surface area contributed by atoms with Gasteiger partial charge in [-0.1, -0.05) is 188 Å². The van der Waals surface area contributed by atoms with Crippen LogP contribution in [0.4, 0.5) is 5.69 Å². The average Bonchev–Trinajstić information content (AvgIpc) is 3.36. The highest BCUT2D eigenvalue weighted by Crippen LogP contribution is 2.41. The molecule has 2 aliphatic heterocycles. The average molecular weight is 789 g/mol. The molecule has 12 rings (SSSR count). The number of anilines is 1. The Kier molecular flexibility index (Phi) is 8.56. The van der Waals surface area contributed by atoms with E-state index in [9.17, 15) is 0 Å². The Bertz CT molecular complexity index is 3420. The number of hydrogen-bond acceptors (Lipinski definition) is 4. The van der Waals surface area contributed by atoms with Crippen LogP contribution in [0.15, 0.2) is 212 Å². The van der Waals surface area contributed by atoms with Gasteiger partial charge in [0.15, 0.2) is 17.5 Å². The molecule has 0 bridgehead atoms. The Morgan fingerprint density at radius 3 is 1.50 bits per heavy atom. The van der Waals surface area contributed by atoms with E-state index >= 15 is 0 Å². The van der Waals surface area contributed by atoms with Crippen LogP contribution in [-0.4, -0.2) is 21.8 Å². The minimum Gasteiger partial charge on any atom is -0.382 e. The lowest BCUT2D eigenvalue weighted by Crippen LogP contribution is -2.53. The predicted octanol–water partition coefficient (Wildman–Crippen LogP) is 11.5. The van der Waals surface area contributed by atoms with Gasteiger partial charge in [0.25, 0.3) is 0 Å². The lowest BCUT2D eigenvalue weighted by Gasteiger charge is -2.37. The van der Waals surface area contributed by atoms with Crippen molar-refractivity contribution in [3.63, 3.8) is 0 Å². The summed E-state index contributed by atoms with van der Waals surface area (Å²) in [5, 5.41) is 4.74. The molecule has 0 saturated heterocycles. The van der Waals surface area contributed by atoms with Crippen LogP contribution < -0.4 is 20.7 Å². The van der Waals surface area contributed by atoms with Gasteiger partial charge in [-0.15, -0.1) is 0 Å². The summed E-state index contributed by atoms with van der Waals surface area (Å²) in [5.74, 6) is 4.34. The fourth-order valence-electron chi connectivity index (χ4n) is 9.13. The minimum absolute atomic E-state index is 0.0279. The molecule has 288 valence electrons. The minimum atomic E-state index is -0.0279. The SMILES string of the molecule is C1=c2ccccc2=CN2B1c1cc(-c3cc(-c4ccccc4)cc(-c4ccccc4)c3)ccc1-c1ccc(-c3nc(-c4ccccc4)nc(-c4ccc5ccccc5c4)n3)cc12. The Morgan fingerprint density at radius 1 is 0.323 bits per heavy atom. The van der Waals surface area contributed by atoms with Crippen LogP contribution in [0.1, 0.15) is 0 Å². The van der Waals surface area contributed by atoms with Crippen molar-refractivity contribution in [2.24, 2.45) is 0 Å². The number of rotatable bonds is 6. The highest BCUT2D eigenvalue weighted by molar-refractivity contribution is 6.91. The monoisotopic (exact) mass is 788 g/mol. The Balaban J connectivity index is 1.02. The van der Waals surface area contributed by atoms with E-state index in [1.165, 1.54) is 65.8 Å². The molecule has 10 aromatic rings. The van der Waals surface area contributed by atoms with Crippen LogP contribution in [0.3, 0.4) is 0 Å². The normalized spacial score (nSPS) is 12.4. The quantitative estimate of drug-likeness (QED) is 0.157. The van der Waals surface area contributed by atoms with Gasteiger partial charge in [0, 0.05) is 27.9 Å². The van der Waals surface area contributed by atoms with E-state index in [4.69, 9.17) is 15.0 Å². The number of aromatic nitrogens is 3. The Labute approximate surface area is 360 Å². The lowest BCUT2D eigenvalue weighted by atomic mass is 9.49. The van der Waals surface area contributed by atoms with Crippen LogP contribution in [0, 0.1) is 0 Å². The molecule has 0 saturated carbocycles. The van der Waals surface area contributed by atoms with Crippen molar-refractivity contribution in [3.05, 3.63) is 223 Å². The van der Waals surface area contributed by atoms with Gasteiger partial charge in [-0.3, -0.25) is 0 Å². The van der Waals surface area contributed by atoms with Gasteiger partial charge in [0.1, 0.15) is 0 Å². The van der Waals surface area contributed by atoms with Crippen molar-refractivity contribution in [3.8, 4) is 78.7 Å². The highest BCUT2D eigenvalue weighted by Gasteiger charge is 2.34. The van der Waals surface area contributed by atoms with E-state index in [0.29, 0.717) is 17.5 Å². The molecule has 0 radical (unpaired) electrons. The van der Waals surface area contributed by atoms with Gasteiger partial charge >= 0.3 is 6.85 Å². The first kappa shape index (κ1) is 35.8. The molecule has 0 aliphatic carbocycles. The highest BCUT2D eigenvalue weighted by atomic mass is 15.1. The summed E-state index contributed by atoms with van der Waals surface area (Å²) >= 11 is 0. The van der Waals surface area contributed by atoms with Crippen LogP contribution in [0.2, 0.25) is 0 Å². The maximum Gasteiger partial charge on any atom is 0.321 e. The molecule has 9 aromatic carbocycles. The predicted molar refractivity (Wildman–Crippen MR) is 258 cm³/mol. The first-order chi connectivity index (χ1) is 30.7. The molecule has 0 N–H and O–H groups in total. The summed E-state index contributed by atoms with van der Waals surface area (Å²) in [6.45, 7) is -0.0279. The molecule has 0 spiro atoms. The zero-order valence-corrected chi connectivity index (χ0v) is 33.7. The van der Waals surface area contributed by atoms with Crippen LogP contribution in [0.25, 0.3) is 102 Å². The third-order valence-electron chi connectivity index (χ3n) is 12.3. The molecule has 4 nitrogen and oxygen atoms in total. The third kappa shape index (κ3) is 6.39. The molecule has 5 heteroatoms. The molecule has 0 unspecified atom stereocenters. The second-order valence-corrected chi connectivity index (χ2v) is 16.1. The van der Waals surface area contributed by atoms with E-state index in [-0.39, 0.29) is 6.85 Å². The summed E-state index contributed by atoms with van der Waals surface area (Å²) in [6, 6.07) is 75.7. The topological polar surface area (TPSA) is 41.9 Å². The van der Waals surface area contributed by atoms with E-state index in [2.05, 4.69) is 211 Å². The summed E-state index contributed by atoms with van der Waals surface area (Å²) in [5.41, 5.74) is 14.8. The fourth-order valence-corrected chi connectivity index (χ4v) is 9.13. The van der Waals surface area contributed by atoms with Gasteiger partial charge in [0.2, 0.25) is 0 Å². The van der Waals surface area contributed by atoms with Gasteiger partial charge in [-0.2, -0.15) is 0 Å². The van der Waals surface area contributed by atoms with Crippen molar-refractivity contribution >= 4 is 40.9 Å². The Morgan fingerprint density at radius 2 is 0.823 bits per heavy atom. The van der Waals surface area contributed by atoms with E-state index < -0.39 is 0 Å². The third-order valence-corrected chi connectivity index (χ3v) is 12.3. The van der Waals surface area contributed by atoms with Crippen molar-refractivity contribution in [2.75, 3.05) is 4.81 Å². The fraction of sp³-hybridized carbons (Fsp3) is 0. The maximum atomic E-state index is 5.18. The summed E-state index contributed by atoms with van der Waals surface area (Å²) in [6.07, 6.45) is 2.31. The van der Waals surface area contributed by atoms with Crippen LogP contribution >= 0.6 is 0 Å². The summed E-state index contributed by atoms with van der Waals surface area (Å²) in [4.78, 5) is 17.8. The molecule has 0 amide bonds. The molecule has 62 heavy (non-hydrogen) atoms.